The number of rotatable bonds is 7. The van der Waals surface area contributed by atoms with Crippen LogP contribution in [0.3, 0.4) is 0 Å². The van der Waals surface area contributed by atoms with Crippen LogP contribution in [0.25, 0.3) is 0 Å². The molecule has 26 heavy (non-hydrogen) atoms. The van der Waals surface area contributed by atoms with Crippen molar-refractivity contribution in [2.24, 2.45) is 0 Å². The average molecular weight is 383 g/mol. The standard InChI is InChI=1S/C18H20F2NO4P/c1-18(2,21-26(3,23)25-13-8-5-4-6-9-13)17(22)24-12-14-15(19)10-7-11-16(14)20/h4-11H,12H2,1-3H3,(H,21,23). The fourth-order valence-electron chi connectivity index (χ4n) is 2.25. The number of ether oxygens (including phenoxy) is 1. The van der Waals surface area contributed by atoms with Crippen molar-refractivity contribution < 1.29 is 27.4 Å². The highest BCUT2D eigenvalue weighted by molar-refractivity contribution is 7.56. The molecule has 0 aromatic heterocycles. The minimum absolute atomic E-state index is 0.350. The van der Waals surface area contributed by atoms with Gasteiger partial charge in [0.15, 0.2) is 0 Å². The highest BCUT2D eigenvalue weighted by Gasteiger charge is 2.36. The summed E-state index contributed by atoms with van der Waals surface area (Å²) in [5, 5.41) is 2.62. The van der Waals surface area contributed by atoms with E-state index in [0.717, 1.165) is 12.1 Å². The molecule has 1 N–H and O–H groups in total. The van der Waals surface area contributed by atoms with Gasteiger partial charge in [-0.3, -0.25) is 9.36 Å². The molecule has 1 unspecified atom stereocenters. The Morgan fingerprint density at radius 1 is 1.08 bits per heavy atom. The lowest BCUT2D eigenvalue weighted by Gasteiger charge is -2.28. The molecule has 2 aromatic rings. The number of nitrogens with one attached hydrogen (secondary N) is 1. The molecular formula is C18H20F2NO4P. The molecule has 8 heteroatoms. The molecule has 2 rings (SSSR count). The zero-order chi connectivity index (χ0) is 19.4. The minimum atomic E-state index is -3.40. The maximum absolute atomic E-state index is 13.6. The average Bonchev–Trinajstić information content (AvgIpc) is 2.53. The van der Waals surface area contributed by atoms with Crippen molar-refractivity contribution in [1.82, 2.24) is 5.09 Å². The first-order valence-electron chi connectivity index (χ1n) is 7.82. The second-order valence-electron chi connectivity index (χ2n) is 6.26. The van der Waals surface area contributed by atoms with E-state index < -0.39 is 37.3 Å². The zero-order valence-corrected chi connectivity index (χ0v) is 15.6. The van der Waals surface area contributed by atoms with Crippen LogP contribution >= 0.6 is 7.52 Å². The lowest BCUT2D eigenvalue weighted by Crippen LogP contribution is -2.46. The van der Waals surface area contributed by atoms with Gasteiger partial charge in [0.2, 0.25) is 0 Å². The van der Waals surface area contributed by atoms with Gasteiger partial charge in [0.1, 0.15) is 29.5 Å². The summed E-state index contributed by atoms with van der Waals surface area (Å²) < 4.78 is 50.2. The van der Waals surface area contributed by atoms with Crippen molar-refractivity contribution in [3.63, 3.8) is 0 Å². The molecule has 1 atom stereocenters. The highest BCUT2D eigenvalue weighted by Crippen LogP contribution is 2.41. The van der Waals surface area contributed by atoms with Gasteiger partial charge in [-0.05, 0) is 38.1 Å². The van der Waals surface area contributed by atoms with Gasteiger partial charge in [0.25, 0.3) is 0 Å². The summed E-state index contributed by atoms with van der Waals surface area (Å²) in [6.45, 7) is 3.64. The van der Waals surface area contributed by atoms with Crippen LogP contribution in [-0.4, -0.2) is 18.2 Å². The predicted octanol–water partition coefficient (Wildman–Crippen LogP) is 4.28. The third-order valence-electron chi connectivity index (χ3n) is 3.43. The Balaban J connectivity index is 2.01. The van der Waals surface area contributed by atoms with Gasteiger partial charge < -0.3 is 9.26 Å². The van der Waals surface area contributed by atoms with Crippen molar-refractivity contribution >= 4 is 13.5 Å². The maximum atomic E-state index is 13.6. The van der Waals surface area contributed by atoms with Gasteiger partial charge in [-0.1, -0.05) is 24.3 Å². The summed E-state index contributed by atoms with van der Waals surface area (Å²) in [6.07, 6.45) is 0. The van der Waals surface area contributed by atoms with E-state index in [2.05, 4.69) is 5.09 Å². The number of halogens is 2. The number of benzene rings is 2. The van der Waals surface area contributed by atoms with E-state index in [1.54, 1.807) is 30.3 Å². The minimum Gasteiger partial charge on any atom is -0.459 e. The number of carbonyl (C=O) groups is 1. The lowest BCUT2D eigenvalue weighted by molar-refractivity contribution is -0.151. The molecule has 5 nitrogen and oxygen atoms in total. The topological polar surface area (TPSA) is 64.6 Å². The van der Waals surface area contributed by atoms with Gasteiger partial charge in [0.05, 0.1) is 5.56 Å². The molecule has 0 saturated carbocycles. The van der Waals surface area contributed by atoms with E-state index >= 15 is 0 Å². The Kier molecular flexibility index (Phi) is 6.16. The van der Waals surface area contributed by atoms with Crippen molar-refractivity contribution in [2.45, 2.75) is 26.0 Å². The number of esters is 1. The Morgan fingerprint density at radius 2 is 1.65 bits per heavy atom. The molecule has 0 aliphatic rings. The van der Waals surface area contributed by atoms with E-state index in [9.17, 15) is 18.1 Å². The van der Waals surface area contributed by atoms with Crippen LogP contribution in [0.5, 0.6) is 5.75 Å². The molecule has 0 fully saturated rings. The monoisotopic (exact) mass is 383 g/mol. The van der Waals surface area contributed by atoms with Gasteiger partial charge in [-0.25, -0.2) is 13.9 Å². The fourth-order valence-corrected chi connectivity index (χ4v) is 3.92. The second-order valence-corrected chi connectivity index (χ2v) is 8.36. The molecule has 0 aliphatic heterocycles. The van der Waals surface area contributed by atoms with Gasteiger partial charge in [0, 0.05) is 6.66 Å². The van der Waals surface area contributed by atoms with Crippen LogP contribution < -0.4 is 9.61 Å². The SMILES string of the molecule is CC(C)(NP(C)(=O)Oc1ccccc1)C(=O)OCc1c(F)cccc1F. The summed E-state index contributed by atoms with van der Waals surface area (Å²) in [5.41, 5.74) is -1.75. The molecule has 2 aromatic carbocycles. The zero-order valence-electron chi connectivity index (χ0n) is 14.7. The van der Waals surface area contributed by atoms with Crippen LogP contribution in [0.1, 0.15) is 19.4 Å². The van der Waals surface area contributed by atoms with Crippen LogP contribution in [0, 0.1) is 11.6 Å². The molecular weight excluding hydrogens is 363 g/mol. The molecule has 0 bridgehead atoms. The van der Waals surface area contributed by atoms with E-state index in [4.69, 9.17) is 9.26 Å². The van der Waals surface area contributed by atoms with Gasteiger partial charge in [-0.2, -0.15) is 0 Å². The van der Waals surface area contributed by atoms with Crippen molar-refractivity contribution in [3.8, 4) is 5.75 Å². The molecule has 0 aliphatic carbocycles. The smallest absolute Gasteiger partial charge is 0.326 e. The number of carbonyl (C=O) groups excluding carboxylic acids is 1. The Bertz CT molecular complexity index is 807. The van der Waals surface area contributed by atoms with Crippen LogP contribution in [0.4, 0.5) is 8.78 Å². The van der Waals surface area contributed by atoms with Crippen molar-refractivity contribution in [2.75, 3.05) is 6.66 Å². The van der Waals surface area contributed by atoms with E-state index in [-0.39, 0.29) is 5.56 Å². The molecule has 0 saturated heterocycles. The van der Waals surface area contributed by atoms with E-state index in [0.29, 0.717) is 5.75 Å². The summed E-state index contributed by atoms with van der Waals surface area (Å²) >= 11 is 0. The van der Waals surface area contributed by atoms with Crippen LogP contribution in [0.15, 0.2) is 48.5 Å². The predicted molar refractivity (Wildman–Crippen MR) is 94.0 cm³/mol. The first kappa shape index (κ1) is 20.1. The first-order chi connectivity index (χ1) is 12.1. The van der Waals surface area contributed by atoms with Crippen molar-refractivity contribution in [3.05, 3.63) is 65.7 Å². The Hall–Kier alpha value is -2.24. The van der Waals surface area contributed by atoms with Gasteiger partial charge in [-0.15, -0.1) is 0 Å². The quantitative estimate of drug-likeness (QED) is 0.571. The maximum Gasteiger partial charge on any atom is 0.326 e. The second kappa shape index (κ2) is 7.98. The normalized spacial score (nSPS) is 13.7. The van der Waals surface area contributed by atoms with Crippen LogP contribution in [-0.2, 0) is 20.7 Å². The molecule has 0 amide bonds. The fraction of sp³-hybridized carbons (Fsp3) is 0.278. The summed E-state index contributed by atoms with van der Waals surface area (Å²) in [5.74, 6) is -2.06. The summed E-state index contributed by atoms with van der Waals surface area (Å²) in [6, 6.07) is 11.8. The summed E-state index contributed by atoms with van der Waals surface area (Å²) in [4.78, 5) is 12.3. The third-order valence-corrected chi connectivity index (χ3v) is 4.95. The number of para-hydroxylation sites is 1. The molecule has 0 radical (unpaired) electrons. The van der Waals surface area contributed by atoms with Crippen molar-refractivity contribution in [1.29, 1.82) is 0 Å². The van der Waals surface area contributed by atoms with Crippen LogP contribution in [0.2, 0.25) is 0 Å². The molecule has 0 spiro atoms. The molecule has 0 heterocycles. The van der Waals surface area contributed by atoms with E-state index in [1.165, 1.54) is 26.6 Å². The Morgan fingerprint density at radius 3 is 2.23 bits per heavy atom. The number of hydrogen-bond donors (Lipinski definition) is 1. The Labute approximate surface area is 150 Å². The number of hydrogen-bond acceptors (Lipinski definition) is 4. The summed E-state index contributed by atoms with van der Waals surface area (Å²) in [7, 11) is -3.40. The van der Waals surface area contributed by atoms with E-state index in [1.807, 2.05) is 0 Å². The molecule has 140 valence electrons. The highest BCUT2D eigenvalue weighted by atomic mass is 31.2. The lowest BCUT2D eigenvalue weighted by atomic mass is 10.1. The third kappa shape index (κ3) is 5.38. The largest absolute Gasteiger partial charge is 0.459 e. The van der Waals surface area contributed by atoms with Gasteiger partial charge >= 0.3 is 13.5 Å². The first-order valence-corrected chi connectivity index (χ1v) is 9.90.